The Morgan fingerprint density at radius 3 is 2.73 bits per heavy atom. The van der Waals surface area contributed by atoms with Gasteiger partial charge in [-0.05, 0) is 34.5 Å². The number of carboxylic acids is 1. The van der Waals surface area contributed by atoms with Crippen LogP contribution >= 0.6 is 15.9 Å². The molecule has 1 heterocycles. The van der Waals surface area contributed by atoms with Crippen LogP contribution in [0.3, 0.4) is 0 Å². The van der Waals surface area contributed by atoms with E-state index in [-0.39, 0.29) is 24.8 Å². The van der Waals surface area contributed by atoms with Crippen molar-refractivity contribution in [2.24, 2.45) is 5.92 Å². The quantitative estimate of drug-likeness (QED) is 0.802. The van der Waals surface area contributed by atoms with E-state index in [2.05, 4.69) is 15.9 Å². The van der Waals surface area contributed by atoms with Crippen molar-refractivity contribution >= 4 is 39.4 Å². The second-order valence-corrected chi connectivity index (χ2v) is 6.04. The van der Waals surface area contributed by atoms with E-state index in [0.29, 0.717) is 13.0 Å². The fraction of sp³-hybridized carbons (Fsp3) is 0.400. The number of benzene rings is 1. The molecule has 1 aliphatic rings. The molecule has 1 atom stereocenters. The van der Waals surface area contributed by atoms with Gasteiger partial charge in [0.05, 0.1) is 12.1 Å². The molecule has 0 radical (unpaired) electrons. The molecule has 0 aliphatic carbocycles. The summed E-state index contributed by atoms with van der Waals surface area (Å²) < 4.78 is 0.802. The maximum atomic E-state index is 12.5. The van der Waals surface area contributed by atoms with Crippen molar-refractivity contribution < 1.29 is 19.5 Å². The molecule has 22 heavy (non-hydrogen) atoms. The predicted octanol–water partition coefficient (Wildman–Crippen LogP) is 1.74. The summed E-state index contributed by atoms with van der Waals surface area (Å²) in [5, 5.41) is 8.66. The Kier molecular flexibility index (Phi) is 5.18. The normalized spacial score (nSPS) is 17.6. The second-order valence-electron chi connectivity index (χ2n) is 5.19. The van der Waals surface area contributed by atoms with Crippen molar-refractivity contribution in [3.05, 3.63) is 28.7 Å². The molecule has 1 fully saturated rings. The SMILES string of the molecule is CN(CCC(=O)O)C(=O)C1CCN(c2ccccc2Br)C1=O. The molecule has 1 unspecified atom stereocenters. The van der Waals surface area contributed by atoms with Crippen molar-refractivity contribution in [1.82, 2.24) is 4.90 Å². The fourth-order valence-electron chi connectivity index (χ4n) is 2.46. The van der Waals surface area contributed by atoms with Gasteiger partial charge in [-0.2, -0.15) is 0 Å². The van der Waals surface area contributed by atoms with Gasteiger partial charge >= 0.3 is 5.97 Å². The van der Waals surface area contributed by atoms with Crippen molar-refractivity contribution in [3.63, 3.8) is 0 Å². The standard InChI is InChI=1S/C15H17BrN2O4/c1-17(8-7-13(19)20)14(21)10-6-9-18(15(10)22)12-5-3-2-4-11(12)16/h2-5,10H,6-9H2,1H3,(H,19,20). The second kappa shape index (κ2) is 6.91. The fourth-order valence-corrected chi connectivity index (χ4v) is 2.96. The maximum absolute atomic E-state index is 12.5. The minimum absolute atomic E-state index is 0.104. The number of carbonyl (C=O) groups is 3. The Morgan fingerprint density at radius 2 is 2.09 bits per heavy atom. The Balaban J connectivity index is 2.06. The van der Waals surface area contributed by atoms with Gasteiger partial charge in [0, 0.05) is 24.6 Å². The first kappa shape index (κ1) is 16.5. The number of anilines is 1. The zero-order valence-electron chi connectivity index (χ0n) is 12.2. The van der Waals surface area contributed by atoms with Gasteiger partial charge in [0.2, 0.25) is 11.8 Å². The predicted molar refractivity (Wildman–Crippen MR) is 84.5 cm³/mol. The molecule has 0 spiro atoms. The Labute approximate surface area is 136 Å². The third-order valence-corrected chi connectivity index (χ3v) is 4.35. The van der Waals surface area contributed by atoms with E-state index in [4.69, 9.17) is 5.11 Å². The molecule has 2 amide bonds. The van der Waals surface area contributed by atoms with Crippen LogP contribution in [0.2, 0.25) is 0 Å². The number of rotatable bonds is 5. The number of para-hydroxylation sites is 1. The number of carboxylic acid groups (broad SMARTS) is 1. The molecule has 1 aliphatic heterocycles. The number of nitrogens with zero attached hydrogens (tertiary/aromatic N) is 2. The van der Waals surface area contributed by atoms with Crippen LogP contribution in [-0.2, 0) is 14.4 Å². The Morgan fingerprint density at radius 1 is 1.41 bits per heavy atom. The van der Waals surface area contributed by atoms with Gasteiger partial charge < -0.3 is 14.9 Å². The number of halogens is 1. The van der Waals surface area contributed by atoms with Gasteiger partial charge in [0.25, 0.3) is 0 Å². The van der Waals surface area contributed by atoms with Crippen LogP contribution in [0.1, 0.15) is 12.8 Å². The summed E-state index contributed by atoms with van der Waals surface area (Å²) in [4.78, 5) is 38.3. The summed E-state index contributed by atoms with van der Waals surface area (Å²) in [6.45, 7) is 0.581. The first-order valence-corrected chi connectivity index (χ1v) is 7.73. The first-order valence-electron chi connectivity index (χ1n) is 6.94. The third kappa shape index (κ3) is 3.47. The molecule has 2 rings (SSSR count). The number of hydrogen-bond acceptors (Lipinski definition) is 3. The highest BCUT2D eigenvalue weighted by atomic mass is 79.9. The summed E-state index contributed by atoms with van der Waals surface area (Å²) >= 11 is 3.41. The summed E-state index contributed by atoms with van der Waals surface area (Å²) in [6.07, 6.45) is 0.313. The summed E-state index contributed by atoms with van der Waals surface area (Å²) in [5.41, 5.74) is 0.746. The molecule has 0 saturated carbocycles. The van der Waals surface area contributed by atoms with Gasteiger partial charge in [0.15, 0.2) is 0 Å². The minimum atomic E-state index is -0.966. The molecule has 1 saturated heterocycles. The van der Waals surface area contributed by atoms with E-state index in [1.54, 1.807) is 4.90 Å². The van der Waals surface area contributed by atoms with E-state index < -0.39 is 11.9 Å². The van der Waals surface area contributed by atoms with Crippen LogP contribution in [0.15, 0.2) is 28.7 Å². The highest BCUT2D eigenvalue weighted by molar-refractivity contribution is 9.10. The molecule has 0 bridgehead atoms. The topological polar surface area (TPSA) is 77.9 Å². The van der Waals surface area contributed by atoms with E-state index in [9.17, 15) is 14.4 Å². The number of aliphatic carboxylic acids is 1. The highest BCUT2D eigenvalue weighted by Gasteiger charge is 2.39. The lowest BCUT2D eigenvalue weighted by atomic mass is 10.1. The molecule has 6 nitrogen and oxygen atoms in total. The van der Waals surface area contributed by atoms with Gasteiger partial charge in [-0.3, -0.25) is 14.4 Å². The molecule has 118 valence electrons. The Hall–Kier alpha value is -1.89. The molecule has 7 heteroatoms. The van der Waals surface area contributed by atoms with Crippen molar-refractivity contribution in [2.75, 3.05) is 25.0 Å². The van der Waals surface area contributed by atoms with Crippen LogP contribution in [0.5, 0.6) is 0 Å². The monoisotopic (exact) mass is 368 g/mol. The van der Waals surface area contributed by atoms with Crippen molar-refractivity contribution in [3.8, 4) is 0 Å². The van der Waals surface area contributed by atoms with Crippen LogP contribution < -0.4 is 4.90 Å². The highest BCUT2D eigenvalue weighted by Crippen LogP contribution is 2.31. The number of hydrogen-bond donors (Lipinski definition) is 1. The van der Waals surface area contributed by atoms with E-state index in [1.807, 2.05) is 24.3 Å². The molecular formula is C15H17BrN2O4. The lowest BCUT2D eigenvalue weighted by Crippen LogP contribution is -2.39. The van der Waals surface area contributed by atoms with Crippen LogP contribution in [0.25, 0.3) is 0 Å². The zero-order valence-corrected chi connectivity index (χ0v) is 13.7. The van der Waals surface area contributed by atoms with E-state index in [1.165, 1.54) is 11.9 Å². The van der Waals surface area contributed by atoms with Crippen molar-refractivity contribution in [2.45, 2.75) is 12.8 Å². The maximum Gasteiger partial charge on any atom is 0.305 e. The van der Waals surface area contributed by atoms with Gasteiger partial charge in [-0.1, -0.05) is 12.1 Å². The van der Waals surface area contributed by atoms with Gasteiger partial charge in [-0.25, -0.2) is 0 Å². The molecule has 1 aromatic carbocycles. The lowest BCUT2D eigenvalue weighted by Gasteiger charge is -2.21. The minimum Gasteiger partial charge on any atom is -0.481 e. The lowest BCUT2D eigenvalue weighted by molar-refractivity contribution is -0.140. The van der Waals surface area contributed by atoms with Gasteiger partial charge in [0.1, 0.15) is 5.92 Å². The zero-order chi connectivity index (χ0) is 16.3. The largest absolute Gasteiger partial charge is 0.481 e. The molecule has 1 aromatic rings. The average Bonchev–Trinajstić information content (AvgIpc) is 2.86. The van der Waals surface area contributed by atoms with Gasteiger partial charge in [-0.15, -0.1) is 0 Å². The molecule has 1 N–H and O–H groups in total. The number of amides is 2. The smallest absolute Gasteiger partial charge is 0.305 e. The summed E-state index contributed by atoms with van der Waals surface area (Å²) in [5.74, 6) is -2.25. The Bertz CT molecular complexity index is 605. The van der Waals surface area contributed by atoms with Crippen LogP contribution in [0.4, 0.5) is 5.69 Å². The summed E-state index contributed by atoms with van der Waals surface area (Å²) in [7, 11) is 1.53. The van der Waals surface area contributed by atoms with E-state index >= 15 is 0 Å². The third-order valence-electron chi connectivity index (χ3n) is 3.68. The number of carbonyl (C=O) groups excluding carboxylic acids is 2. The molecule has 0 aromatic heterocycles. The molecular weight excluding hydrogens is 352 g/mol. The van der Waals surface area contributed by atoms with Crippen LogP contribution in [-0.4, -0.2) is 47.9 Å². The average molecular weight is 369 g/mol. The summed E-state index contributed by atoms with van der Waals surface area (Å²) in [6, 6.07) is 7.36. The van der Waals surface area contributed by atoms with E-state index in [0.717, 1.165) is 10.2 Å². The van der Waals surface area contributed by atoms with Crippen molar-refractivity contribution in [1.29, 1.82) is 0 Å². The first-order chi connectivity index (χ1) is 10.4. The van der Waals surface area contributed by atoms with Crippen LogP contribution in [0, 0.1) is 5.92 Å².